The van der Waals surface area contributed by atoms with Crippen molar-refractivity contribution in [2.24, 2.45) is 16.6 Å². The van der Waals surface area contributed by atoms with Crippen molar-refractivity contribution in [3.05, 3.63) is 24.3 Å². The number of hydrogen-bond donors (Lipinski definition) is 2. The Hall–Kier alpha value is -1.03. The Morgan fingerprint density at radius 3 is 2.43 bits per heavy atom. The van der Waals surface area contributed by atoms with Gasteiger partial charge in [0, 0.05) is 12.8 Å². The lowest BCUT2D eigenvalue weighted by molar-refractivity contribution is 0.322. The van der Waals surface area contributed by atoms with Crippen molar-refractivity contribution in [1.82, 2.24) is 5.32 Å². The van der Waals surface area contributed by atoms with Crippen LogP contribution in [0.5, 0.6) is 5.75 Å². The summed E-state index contributed by atoms with van der Waals surface area (Å²) < 4.78 is 28.2. The minimum Gasteiger partial charge on any atom is -0.492 e. The lowest BCUT2D eigenvalue weighted by Crippen LogP contribution is -2.34. The number of nitrogens with zero attached hydrogens (tertiary/aromatic N) is 1. The van der Waals surface area contributed by atoms with Gasteiger partial charge in [0.25, 0.3) is 0 Å². The fourth-order valence-corrected chi connectivity index (χ4v) is 2.26. The molecule has 0 amide bonds. The second-order valence-corrected chi connectivity index (χ2v) is 7.48. The van der Waals surface area contributed by atoms with Crippen molar-refractivity contribution < 1.29 is 13.2 Å². The molecule has 132 valence electrons. The number of ether oxygens (including phenoxy) is 1. The third kappa shape index (κ3) is 9.65. The molecular weight excluding hydrogens is 429 g/mol. The third-order valence-electron chi connectivity index (χ3n) is 2.92. The van der Waals surface area contributed by atoms with E-state index in [2.05, 4.69) is 24.2 Å². The van der Waals surface area contributed by atoms with Crippen LogP contribution in [0, 0.1) is 5.92 Å². The first kappa shape index (κ1) is 22.0. The highest BCUT2D eigenvalue weighted by Gasteiger charge is 2.06. The van der Waals surface area contributed by atoms with Crippen molar-refractivity contribution in [2.75, 3.05) is 26.0 Å². The van der Waals surface area contributed by atoms with Gasteiger partial charge in [-0.3, -0.25) is 4.99 Å². The summed E-state index contributed by atoms with van der Waals surface area (Å²) in [6.07, 6.45) is 2.18. The highest BCUT2D eigenvalue weighted by Crippen LogP contribution is 2.15. The van der Waals surface area contributed by atoms with E-state index in [1.54, 1.807) is 12.1 Å². The molecule has 0 saturated heterocycles. The molecule has 0 aliphatic carbocycles. The molecule has 6 nitrogen and oxygen atoms in total. The van der Waals surface area contributed by atoms with Crippen LogP contribution < -0.4 is 15.8 Å². The first-order valence-corrected chi connectivity index (χ1v) is 9.15. The van der Waals surface area contributed by atoms with Gasteiger partial charge >= 0.3 is 0 Å². The van der Waals surface area contributed by atoms with Crippen molar-refractivity contribution in [3.8, 4) is 5.75 Å². The molecule has 1 aromatic carbocycles. The number of halogens is 1. The Labute approximate surface area is 155 Å². The van der Waals surface area contributed by atoms with Crippen molar-refractivity contribution >= 4 is 39.8 Å². The molecule has 0 aromatic heterocycles. The summed E-state index contributed by atoms with van der Waals surface area (Å²) in [5.74, 6) is 1.64. The van der Waals surface area contributed by atoms with Gasteiger partial charge in [-0.2, -0.15) is 0 Å². The Bertz CT molecular complexity index is 586. The standard InChI is InChI=1S/C15H25N3O3S.HI/c1-12(2)8-9-17-15(16)18-10-11-21-13-4-6-14(7-5-13)22(3,19)20;/h4-7,12H,8-11H2,1-3H3,(H3,16,17,18);1H. The number of guanidine groups is 1. The van der Waals surface area contributed by atoms with E-state index >= 15 is 0 Å². The molecule has 0 atom stereocenters. The second-order valence-electron chi connectivity index (χ2n) is 5.47. The summed E-state index contributed by atoms with van der Waals surface area (Å²) in [5.41, 5.74) is 5.72. The zero-order valence-electron chi connectivity index (χ0n) is 13.8. The SMILES string of the molecule is CC(C)CCN=C(N)NCCOc1ccc(S(C)(=O)=O)cc1.I. The average molecular weight is 455 g/mol. The van der Waals surface area contributed by atoms with Gasteiger partial charge < -0.3 is 15.8 Å². The maximum Gasteiger partial charge on any atom is 0.188 e. The maximum absolute atomic E-state index is 11.3. The Morgan fingerprint density at radius 1 is 1.30 bits per heavy atom. The van der Waals surface area contributed by atoms with E-state index in [9.17, 15) is 8.42 Å². The number of sulfone groups is 1. The molecule has 1 aromatic rings. The average Bonchev–Trinajstić information content (AvgIpc) is 2.43. The van der Waals surface area contributed by atoms with E-state index in [-0.39, 0.29) is 28.9 Å². The van der Waals surface area contributed by atoms with Crippen LogP contribution in [0.4, 0.5) is 0 Å². The zero-order valence-corrected chi connectivity index (χ0v) is 16.9. The lowest BCUT2D eigenvalue weighted by atomic mass is 10.1. The normalized spacial score (nSPS) is 11.9. The van der Waals surface area contributed by atoms with Crippen molar-refractivity contribution in [1.29, 1.82) is 0 Å². The van der Waals surface area contributed by atoms with Crippen LogP contribution in [-0.2, 0) is 9.84 Å². The van der Waals surface area contributed by atoms with E-state index in [4.69, 9.17) is 10.5 Å². The van der Waals surface area contributed by atoms with Gasteiger partial charge in [-0.25, -0.2) is 8.42 Å². The molecule has 3 N–H and O–H groups in total. The lowest BCUT2D eigenvalue weighted by Gasteiger charge is -2.09. The maximum atomic E-state index is 11.3. The van der Waals surface area contributed by atoms with Gasteiger partial charge in [0.05, 0.1) is 11.4 Å². The number of nitrogens with one attached hydrogen (secondary N) is 1. The number of benzene rings is 1. The van der Waals surface area contributed by atoms with Gasteiger partial charge in [0.1, 0.15) is 12.4 Å². The molecular formula is C15H26IN3O3S. The fraction of sp³-hybridized carbons (Fsp3) is 0.533. The molecule has 23 heavy (non-hydrogen) atoms. The van der Waals surface area contributed by atoms with E-state index in [1.807, 2.05) is 0 Å². The smallest absolute Gasteiger partial charge is 0.188 e. The first-order valence-electron chi connectivity index (χ1n) is 7.25. The molecule has 0 saturated carbocycles. The van der Waals surface area contributed by atoms with Gasteiger partial charge in [0.2, 0.25) is 0 Å². The molecule has 0 radical (unpaired) electrons. The number of nitrogens with two attached hydrogens (primary N) is 1. The predicted molar refractivity (Wildman–Crippen MR) is 104 cm³/mol. The van der Waals surface area contributed by atoms with Crippen LogP contribution in [-0.4, -0.2) is 40.3 Å². The topological polar surface area (TPSA) is 93.8 Å². The number of hydrogen-bond acceptors (Lipinski definition) is 4. The third-order valence-corrected chi connectivity index (χ3v) is 4.05. The van der Waals surface area contributed by atoms with Gasteiger partial charge in [-0.15, -0.1) is 24.0 Å². The Kier molecular flexibility index (Phi) is 10.2. The van der Waals surface area contributed by atoms with Crippen molar-refractivity contribution in [2.45, 2.75) is 25.2 Å². The first-order chi connectivity index (χ1) is 10.3. The van der Waals surface area contributed by atoms with Crippen LogP contribution in [0.25, 0.3) is 0 Å². The summed E-state index contributed by atoms with van der Waals surface area (Å²) in [7, 11) is -3.17. The molecule has 0 aliphatic heterocycles. The van der Waals surface area contributed by atoms with Crippen LogP contribution >= 0.6 is 24.0 Å². The van der Waals surface area contributed by atoms with Crippen LogP contribution in [0.3, 0.4) is 0 Å². The molecule has 0 aliphatic rings. The largest absolute Gasteiger partial charge is 0.492 e. The summed E-state index contributed by atoms with van der Waals surface area (Å²) in [6, 6.07) is 6.33. The van der Waals surface area contributed by atoms with E-state index in [1.165, 1.54) is 18.4 Å². The van der Waals surface area contributed by atoms with Gasteiger partial charge in [-0.05, 0) is 36.6 Å². The molecule has 0 heterocycles. The number of rotatable bonds is 8. The van der Waals surface area contributed by atoms with Crippen LogP contribution in [0.2, 0.25) is 0 Å². The molecule has 0 unspecified atom stereocenters. The van der Waals surface area contributed by atoms with Crippen LogP contribution in [0.1, 0.15) is 20.3 Å². The second kappa shape index (κ2) is 10.7. The summed E-state index contributed by atoms with van der Waals surface area (Å²) >= 11 is 0. The zero-order chi connectivity index (χ0) is 16.6. The van der Waals surface area contributed by atoms with E-state index in [0.29, 0.717) is 37.3 Å². The van der Waals surface area contributed by atoms with Gasteiger partial charge in [0.15, 0.2) is 15.8 Å². The monoisotopic (exact) mass is 455 g/mol. The quantitative estimate of drug-likeness (QED) is 0.271. The molecule has 1 rings (SSSR count). The molecule has 0 fully saturated rings. The Balaban J connectivity index is 0.00000484. The highest BCUT2D eigenvalue weighted by molar-refractivity contribution is 14.0. The highest BCUT2D eigenvalue weighted by atomic mass is 127. The Morgan fingerprint density at radius 2 is 1.91 bits per heavy atom. The number of aliphatic imine (C=N–C) groups is 1. The molecule has 0 spiro atoms. The van der Waals surface area contributed by atoms with Gasteiger partial charge in [-0.1, -0.05) is 13.8 Å². The van der Waals surface area contributed by atoms with E-state index < -0.39 is 9.84 Å². The van der Waals surface area contributed by atoms with Crippen molar-refractivity contribution in [3.63, 3.8) is 0 Å². The minimum atomic E-state index is -3.17. The predicted octanol–water partition coefficient (Wildman–Crippen LogP) is 2.04. The molecule has 8 heteroatoms. The fourth-order valence-electron chi connectivity index (χ4n) is 1.63. The summed E-state index contributed by atoms with van der Waals surface area (Å²) in [4.78, 5) is 4.49. The van der Waals surface area contributed by atoms with E-state index in [0.717, 1.165) is 6.42 Å². The summed E-state index contributed by atoms with van der Waals surface area (Å²) in [5, 5.41) is 2.97. The van der Waals surface area contributed by atoms with Crippen LogP contribution in [0.15, 0.2) is 34.2 Å². The molecule has 0 bridgehead atoms. The minimum absolute atomic E-state index is 0. The summed E-state index contributed by atoms with van der Waals surface area (Å²) in [6.45, 7) is 5.94.